The summed E-state index contributed by atoms with van der Waals surface area (Å²) in [6, 6.07) is 14.7. The Morgan fingerprint density at radius 2 is 1.62 bits per heavy atom. The summed E-state index contributed by atoms with van der Waals surface area (Å²) in [5.74, 6) is 0.531. The highest BCUT2D eigenvalue weighted by atomic mass is 15.4. The molecule has 0 bridgehead atoms. The lowest BCUT2D eigenvalue weighted by molar-refractivity contribution is 0.953. The maximum atomic E-state index is 8.87. The Balaban J connectivity index is 1.99. The molecule has 0 fully saturated rings. The van der Waals surface area contributed by atoms with Crippen LogP contribution >= 0.6 is 0 Å². The molecule has 0 atom stereocenters. The predicted molar refractivity (Wildman–Crippen MR) is 104 cm³/mol. The van der Waals surface area contributed by atoms with Crippen molar-refractivity contribution >= 4 is 23.4 Å². The van der Waals surface area contributed by atoms with Crippen molar-refractivity contribution in [2.75, 3.05) is 22.9 Å². The van der Waals surface area contributed by atoms with Crippen LogP contribution in [0, 0.1) is 12.3 Å². The first kappa shape index (κ1) is 16.3. The lowest BCUT2D eigenvalue weighted by Gasteiger charge is -2.34. The third-order valence-corrected chi connectivity index (χ3v) is 4.64. The minimum absolute atomic E-state index is 0.531. The lowest BCUT2D eigenvalue weighted by Crippen LogP contribution is -2.44. The molecule has 0 aliphatic heterocycles. The number of nitrogens with one attached hydrogen (secondary N) is 1. The molecule has 1 aliphatic carbocycles. The smallest absolute Gasteiger partial charge is 0.202 e. The van der Waals surface area contributed by atoms with Gasteiger partial charge in [-0.2, -0.15) is 0 Å². The van der Waals surface area contributed by atoms with Gasteiger partial charge < -0.3 is 9.80 Å². The summed E-state index contributed by atoms with van der Waals surface area (Å²) in [5, 5.41) is 8.87. The third-order valence-electron chi connectivity index (χ3n) is 4.64. The van der Waals surface area contributed by atoms with Crippen molar-refractivity contribution in [2.24, 2.45) is 0 Å². The summed E-state index contributed by atoms with van der Waals surface area (Å²) >= 11 is 0. The maximum absolute atomic E-state index is 8.87. The van der Waals surface area contributed by atoms with E-state index >= 15 is 0 Å². The van der Waals surface area contributed by atoms with Gasteiger partial charge in [-0.3, -0.25) is 5.41 Å². The molecule has 2 aromatic rings. The van der Waals surface area contributed by atoms with E-state index in [-0.39, 0.29) is 0 Å². The number of nitrogens with zero attached hydrogens (tertiary/aromatic N) is 2. The highest BCUT2D eigenvalue weighted by Crippen LogP contribution is 2.31. The van der Waals surface area contributed by atoms with Crippen molar-refractivity contribution in [1.29, 1.82) is 5.41 Å². The van der Waals surface area contributed by atoms with Crippen molar-refractivity contribution < 1.29 is 0 Å². The second-order valence-corrected chi connectivity index (χ2v) is 6.06. The Kier molecular flexibility index (Phi) is 4.70. The summed E-state index contributed by atoms with van der Waals surface area (Å²) in [6.07, 6.45) is 5.37. The first-order chi connectivity index (χ1) is 11.7. The molecule has 1 aliphatic rings. The number of guanidine groups is 1. The van der Waals surface area contributed by atoms with Gasteiger partial charge in [0.05, 0.1) is 5.69 Å². The number of hydrogen-bond acceptors (Lipinski definition) is 1. The van der Waals surface area contributed by atoms with E-state index in [1.165, 1.54) is 16.7 Å². The van der Waals surface area contributed by atoms with E-state index in [1.54, 1.807) is 0 Å². The Bertz CT molecular complexity index is 776. The van der Waals surface area contributed by atoms with Gasteiger partial charge in [0.15, 0.2) is 0 Å². The van der Waals surface area contributed by atoms with Gasteiger partial charge in [0, 0.05) is 24.3 Å². The Morgan fingerprint density at radius 1 is 0.958 bits per heavy atom. The molecule has 0 amide bonds. The quantitative estimate of drug-likeness (QED) is 0.645. The number of rotatable bonds is 4. The molecule has 0 radical (unpaired) electrons. The molecule has 0 spiro atoms. The fourth-order valence-corrected chi connectivity index (χ4v) is 3.39. The number of allylic oxidation sites excluding steroid dienone is 1. The van der Waals surface area contributed by atoms with E-state index in [1.807, 2.05) is 12.1 Å². The second kappa shape index (κ2) is 6.91. The topological polar surface area (TPSA) is 30.3 Å². The molecule has 3 heteroatoms. The van der Waals surface area contributed by atoms with Gasteiger partial charge in [0.1, 0.15) is 0 Å². The molecular weight excluding hydrogens is 294 g/mol. The average Bonchev–Trinajstić information content (AvgIpc) is 3.07. The van der Waals surface area contributed by atoms with E-state index in [4.69, 9.17) is 5.41 Å². The molecule has 3 nitrogen and oxygen atoms in total. The van der Waals surface area contributed by atoms with Crippen LogP contribution in [0.4, 0.5) is 11.4 Å². The highest BCUT2D eigenvalue weighted by molar-refractivity contribution is 6.06. The minimum atomic E-state index is 0.531. The van der Waals surface area contributed by atoms with Crippen LogP contribution in [0.25, 0.3) is 6.08 Å². The largest absolute Gasteiger partial charge is 0.312 e. The molecule has 0 unspecified atom stereocenters. The van der Waals surface area contributed by atoms with E-state index in [9.17, 15) is 0 Å². The fraction of sp³-hybridized carbons (Fsp3) is 0.286. The first-order valence-corrected chi connectivity index (χ1v) is 8.65. The lowest BCUT2D eigenvalue weighted by atomic mass is 10.1. The summed E-state index contributed by atoms with van der Waals surface area (Å²) in [6.45, 7) is 7.85. The van der Waals surface area contributed by atoms with Gasteiger partial charge >= 0.3 is 0 Å². The van der Waals surface area contributed by atoms with Crippen molar-refractivity contribution in [3.63, 3.8) is 0 Å². The summed E-state index contributed by atoms with van der Waals surface area (Å²) in [5.41, 5.74) is 6.02. The molecule has 0 heterocycles. The number of benzene rings is 2. The number of hydrogen-bond donors (Lipinski definition) is 1. The molecule has 0 saturated heterocycles. The van der Waals surface area contributed by atoms with Crippen molar-refractivity contribution in [3.05, 3.63) is 65.2 Å². The van der Waals surface area contributed by atoms with Gasteiger partial charge in [-0.1, -0.05) is 42.5 Å². The third kappa shape index (κ3) is 2.82. The van der Waals surface area contributed by atoms with Gasteiger partial charge in [-0.25, -0.2) is 0 Å². The van der Waals surface area contributed by atoms with Crippen LogP contribution in [0.2, 0.25) is 0 Å². The van der Waals surface area contributed by atoms with E-state index in [0.29, 0.717) is 5.96 Å². The summed E-state index contributed by atoms with van der Waals surface area (Å²) < 4.78 is 0. The van der Waals surface area contributed by atoms with Crippen molar-refractivity contribution in [2.45, 2.75) is 27.2 Å². The van der Waals surface area contributed by atoms with Crippen LogP contribution < -0.4 is 9.80 Å². The Morgan fingerprint density at radius 3 is 2.33 bits per heavy atom. The van der Waals surface area contributed by atoms with Crippen LogP contribution in [0.15, 0.2) is 48.5 Å². The van der Waals surface area contributed by atoms with Crippen molar-refractivity contribution in [1.82, 2.24) is 0 Å². The molecular formula is C21H25N3. The summed E-state index contributed by atoms with van der Waals surface area (Å²) in [7, 11) is 0. The fourth-order valence-electron chi connectivity index (χ4n) is 3.39. The molecule has 1 N–H and O–H groups in total. The number of anilines is 2. The molecule has 2 aromatic carbocycles. The predicted octanol–water partition coefficient (Wildman–Crippen LogP) is 4.85. The zero-order chi connectivity index (χ0) is 17.1. The van der Waals surface area contributed by atoms with Gasteiger partial charge in [0.2, 0.25) is 5.96 Å². The van der Waals surface area contributed by atoms with E-state index in [2.05, 4.69) is 73.1 Å². The van der Waals surface area contributed by atoms with Gasteiger partial charge in [-0.15, -0.1) is 0 Å². The normalized spacial score (nSPS) is 12.1. The number of para-hydroxylation sites is 1. The van der Waals surface area contributed by atoms with Crippen LogP contribution in [0.5, 0.6) is 0 Å². The van der Waals surface area contributed by atoms with Gasteiger partial charge in [0.25, 0.3) is 0 Å². The van der Waals surface area contributed by atoms with E-state index in [0.717, 1.165) is 30.9 Å². The zero-order valence-corrected chi connectivity index (χ0v) is 14.7. The highest BCUT2D eigenvalue weighted by Gasteiger charge is 2.22. The molecule has 0 saturated carbocycles. The minimum Gasteiger partial charge on any atom is -0.312 e. The monoisotopic (exact) mass is 319 g/mol. The zero-order valence-electron chi connectivity index (χ0n) is 14.7. The SMILES string of the molecule is CCN(C(=N)N(CC)c1cccc2c1C=CC2)c1ccccc1C. The molecule has 24 heavy (non-hydrogen) atoms. The molecule has 3 rings (SSSR count). The van der Waals surface area contributed by atoms with Gasteiger partial charge in [-0.05, 0) is 50.5 Å². The summed E-state index contributed by atoms with van der Waals surface area (Å²) in [4.78, 5) is 4.18. The standard InChI is InChI=1S/C21H25N3/c1-4-23(19-14-7-6-10-16(19)3)21(22)24(5-2)20-15-9-12-17-11-8-13-18(17)20/h6-10,12-15,22H,4-5,11H2,1-3H3. The Labute approximate surface area is 144 Å². The second-order valence-electron chi connectivity index (χ2n) is 6.06. The van der Waals surface area contributed by atoms with E-state index < -0.39 is 0 Å². The Hall–Kier alpha value is -2.55. The average molecular weight is 319 g/mol. The molecule has 0 aromatic heterocycles. The molecule has 124 valence electrons. The van der Waals surface area contributed by atoms with Crippen LogP contribution in [0.1, 0.15) is 30.5 Å². The maximum Gasteiger partial charge on any atom is 0.202 e. The number of aryl methyl sites for hydroxylation is 1. The van der Waals surface area contributed by atoms with Crippen LogP contribution in [-0.4, -0.2) is 19.0 Å². The van der Waals surface area contributed by atoms with Crippen molar-refractivity contribution in [3.8, 4) is 0 Å². The van der Waals surface area contributed by atoms with Crippen LogP contribution in [-0.2, 0) is 6.42 Å². The van der Waals surface area contributed by atoms with Crippen LogP contribution in [0.3, 0.4) is 0 Å². The first-order valence-electron chi connectivity index (χ1n) is 8.65. The number of fused-ring (bicyclic) bond motifs is 1.